The molecule has 1 aliphatic rings. The minimum Gasteiger partial charge on any atom is -0.394 e. The van der Waals surface area contributed by atoms with Crippen molar-refractivity contribution in [1.29, 1.82) is 0 Å². The second-order valence-electron chi connectivity index (χ2n) is 5.50. The van der Waals surface area contributed by atoms with Gasteiger partial charge in [-0.05, 0) is 0 Å². The van der Waals surface area contributed by atoms with Crippen LogP contribution in [0.5, 0.6) is 0 Å². The molecule has 10 heteroatoms. The number of imidazole rings is 1. The van der Waals surface area contributed by atoms with Crippen molar-refractivity contribution in [2.24, 2.45) is 4.99 Å². The Morgan fingerprint density at radius 2 is 2.26 bits per heavy atom. The molecular formula is C13H18N6O4. The van der Waals surface area contributed by atoms with Crippen LogP contribution in [0.4, 0.5) is 5.95 Å². The molecule has 3 atom stereocenters. The van der Waals surface area contributed by atoms with Crippen LogP contribution in [0.3, 0.4) is 0 Å². The van der Waals surface area contributed by atoms with Crippen LogP contribution < -0.4 is 5.69 Å². The van der Waals surface area contributed by atoms with Crippen LogP contribution in [0.2, 0.25) is 0 Å². The number of nitrogens with zero attached hydrogens (tertiary/aromatic N) is 6. The molecule has 2 aromatic heterocycles. The van der Waals surface area contributed by atoms with E-state index in [0.717, 1.165) is 0 Å². The monoisotopic (exact) mass is 322 g/mol. The molecular weight excluding hydrogens is 304 g/mol. The van der Waals surface area contributed by atoms with Gasteiger partial charge in [-0.2, -0.15) is 9.97 Å². The summed E-state index contributed by atoms with van der Waals surface area (Å²) in [5, 5.41) is 19.0. The summed E-state index contributed by atoms with van der Waals surface area (Å²) in [6.45, 7) is -0.274. The summed E-state index contributed by atoms with van der Waals surface area (Å²) in [7, 11) is 3.61. The first-order valence-corrected chi connectivity index (χ1v) is 7.12. The van der Waals surface area contributed by atoms with E-state index in [1.54, 1.807) is 40.4 Å². The Kier molecular flexibility index (Phi) is 4.11. The van der Waals surface area contributed by atoms with Crippen molar-refractivity contribution in [3.05, 3.63) is 22.9 Å². The van der Waals surface area contributed by atoms with Crippen LogP contribution in [0.15, 0.2) is 22.2 Å². The lowest BCUT2D eigenvalue weighted by Crippen LogP contribution is -2.24. The topological polar surface area (TPSA) is 117 Å². The fourth-order valence-electron chi connectivity index (χ4n) is 2.45. The first kappa shape index (κ1) is 15.6. The third-order valence-corrected chi connectivity index (χ3v) is 3.53. The van der Waals surface area contributed by atoms with E-state index in [-0.39, 0.29) is 12.6 Å². The number of ether oxygens (including phenoxy) is 1. The molecule has 1 fully saturated rings. The van der Waals surface area contributed by atoms with Crippen molar-refractivity contribution >= 4 is 18.1 Å². The minimum atomic E-state index is -0.771. The average molecular weight is 322 g/mol. The van der Waals surface area contributed by atoms with E-state index >= 15 is 0 Å². The molecule has 0 aromatic carbocycles. The molecule has 2 N–H and O–H groups in total. The quantitative estimate of drug-likeness (QED) is 0.533. The predicted octanol–water partition coefficient (Wildman–Crippen LogP) is -1.25. The Labute approximate surface area is 131 Å². The molecule has 0 bridgehead atoms. The molecule has 0 aliphatic carbocycles. The molecule has 3 heterocycles. The summed E-state index contributed by atoms with van der Waals surface area (Å²) in [4.78, 5) is 25.3. The van der Waals surface area contributed by atoms with Crippen LogP contribution >= 0.6 is 0 Å². The largest absolute Gasteiger partial charge is 0.394 e. The van der Waals surface area contributed by atoms with Gasteiger partial charge >= 0.3 is 5.69 Å². The number of aliphatic hydroxyl groups excluding tert-OH is 2. The van der Waals surface area contributed by atoms with Gasteiger partial charge in [0.1, 0.15) is 12.3 Å². The molecule has 10 nitrogen and oxygen atoms in total. The van der Waals surface area contributed by atoms with E-state index in [1.807, 2.05) is 0 Å². The second-order valence-corrected chi connectivity index (χ2v) is 5.50. The van der Waals surface area contributed by atoms with E-state index < -0.39 is 24.1 Å². The van der Waals surface area contributed by atoms with Gasteiger partial charge in [-0.25, -0.2) is 9.79 Å². The number of fused-ring (bicyclic) bond motifs is 1. The molecule has 0 amide bonds. The Balaban J connectivity index is 2.03. The number of hydrogen-bond acceptors (Lipinski definition) is 7. The molecule has 0 unspecified atom stereocenters. The van der Waals surface area contributed by atoms with Gasteiger partial charge in [-0.3, -0.25) is 8.97 Å². The zero-order chi connectivity index (χ0) is 16.6. The third kappa shape index (κ3) is 2.96. The summed E-state index contributed by atoms with van der Waals surface area (Å²) < 4.78 is 8.77. The van der Waals surface area contributed by atoms with Crippen molar-refractivity contribution in [2.45, 2.75) is 24.9 Å². The van der Waals surface area contributed by atoms with E-state index in [2.05, 4.69) is 15.0 Å². The van der Waals surface area contributed by atoms with Crippen LogP contribution in [-0.4, -0.2) is 73.3 Å². The Morgan fingerprint density at radius 3 is 2.91 bits per heavy atom. The van der Waals surface area contributed by atoms with Crippen molar-refractivity contribution in [1.82, 2.24) is 23.8 Å². The van der Waals surface area contributed by atoms with Gasteiger partial charge in [-0.1, -0.05) is 0 Å². The smallest absolute Gasteiger partial charge is 0.373 e. The lowest BCUT2D eigenvalue weighted by molar-refractivity contribution is -0.0432. The van der Waals surface area contributed by atoms with Gasteiger partial charge in [0.05, 0.1) is 19.0 Å². The van der Waals surface area contributed by atoms with Gasteiger partial charge in [0.15, 0.2) is 0 Å². The normalized spacial score (nSPS) is 24.8. The van der Waals surface area contributed by atoms with Gasteiger partial charge in [0.2, 0.25) is 11.7 Å². The van der Waals surface area contributed by atoms with Gasteiger partial charge < -0.3 is 19.8 Å². The number of aliphatic imine (C=N–C) groups is 1. The van der Waals surface area contributed by atoms with Gasteiger partial charge in [0.25, 0.3) is 0 Å². The van der Waals surface area contributed by atoms with E-state index in [0.29, 0.717) is 12.2 Å². The zero-order valence-electron chi connectivity index (χ0n) is 12.8. The highest BCUT2D eigenvalue weighted by Gasteiger charge is 2.35. The zero-order valence-corrected chi connectivity index (χ0v) is 12.8. The third-order valence-electron chi connectivity index (χ3n) is 3.53. The second kappa shape index (κ2) is 6.07. The van der Waals surface area contributed by atoms with E-state index in [1.165, 1.54) is 6.34 Å². The van der Waals surface area contributed by atoms with Gasteiger partial charge in [0, 0.05) is 32.9 Å². The molecule has 0 spiro atoms. The summed E-state index contributed by atoms with van der Waals surface area (Å²) in [6, 6.07) is 0. The Morgan fingerprint density at radius 1 is 1.48 bits per heavy atom. The van der Waals surface area contributed by atoms with Crippen LogP contribution in [0.25, 0.3) is 5.78 Å². The molecule has 0 saturated carbocycles. The molecule has 124 valence electrons. The maximum absolute atomic E-state index is 11.7. The van der Waals surface area contributed by atoms with Crippen LogP contribution in [0.1, 0.15) is 12.6 Å². The van der Waals surface area contributed by atoms with E-state index in [9.17, 15) is 15.0 Å². The summed E-state index contributed by atoms with van der Waals surface area (Å²) >= 11 is 0. The number of aliphatic hydroxyl groups is 2. The molecule has 2 aromatic rings. The molecule has 23 heavy (non-hydrogen) atoms. The fraction of sp³-hybridized carbons (Fsp3) is 0.538. The highest BCUT2D eigenvalue weighted by atomic mass is 16.5. The molecule has 3 rings (SSSR count). The van der Waals surface area contributed by atoms with Crippen molar-refractivity contribution in [3.8, 4) is 0 Å². The number of rotatable bonds is 4. The maximum Gasteiger partial charge on any atom is 0.373 e. The number of aromatic nitrogens is 4. The maximum atomic E-state index is 11.7. The van der Waals surface area contributed by atoms with Crippen molar-refractivity contribution < 1.29 is 14.9 Å². The fourth-order valence-corrected chi connectivity index (χ4v) is 2.45. The predicted molar refractivity (Wildman–Crippen MR) is 80.7 cm³/mol. The van der Waals surface area contributed by atoms with Gasteiger partial charge in [-0.15, -0.1) is 0 Å². The van der Waals surface area contributed by atoms with Crippen LogP contribution in [0, 0.1) is 0 Å². The van der Waals surface area contributed by atoms with Crippen molar-refractivity contribution in [3.63, 3.8) is 0 Å². The highest BCUT2D eigenvalue weighted by Crippen LogP contribution is 2.30. The molecule has 1 aliphatic heterocycles. The Bertz CT molecular complexity index is 782. The summed E-state index contributed by atoms with van der Waals surface area (Å²) in [6.07, 6.45) is 3.23. The van der Waals surface area contributed by atoms with Crippen molar-refractivity contribution in [2.75, 3.05) is 20.7 Å². The Hall–Kier alpha value is -2.30. The standard InChI is InChI=1S/C13H18N6O4/c1-17(2)7-14-11-15-12(22)16-13-18(3-4-19(11)13)10-5-8(21)9(6-20)23-10/h3-4,7-10,20-21H,5-6H2,1-2H3/b14-7+/t8-,9+,10+/m0/s1. The molecule has 0 radical (unpaired) electrons. The highest BCUT2D eigenvalue weighted by molar-refractivity contribution is 5.58. The average Bonchev–Trinajstić information content (AvgIpc) is 3.07. The first-order valence-electron chi connectivity index (χ1n) is 7.12. The SMILES string of the molecule is CN(C)/C=N/c1nc(=O)nc2n([C@H]3C[C@H](O)[C@@H](CO)O3)ccn12. The van der Waals surface area contributed by atoms with Crippen LogP contribution in [-0.2, 0) is 4.74 Å². The summed E-state index contributed by atoms with van der Waals surface area (Å²) in [5.41, 5.74) is -0.659. The molecule has 1 saturated heterocycles. The lowest BCUT2D eigenvalue weighted by atomic mass is 10.2. The summed E-state index contributed by atoms with van der Waals surface area (Å²) in [5.74, 6) is 0.511. The first-order chi connectivity index (χ1) is 11.0. The lowest BCUT2D eigenvalue weighted by Gasteiger charge is -2.13. The van der Waals surface area contributed by atoms with E-state index in [4.69, 9.17) is 4.74 Å². The number of hydrogen-bond donors (Lipinski definition) is 2. The minimum absolute atomic E-state index is 0.199.